The van der Waals surface area contributed by atoms with Crippen LogP contribution in [-0.2, 0) is 0 Å². The van der Waals surface area contributed by atoms with Crippen LogP contribution >= 0.6 is 0 Å². The van der Waals surface area contributed by atoms with Gasteiger partial charge in [-0.3, -0.25) is 5.10 Å². The molecule has 0 spiro atoms. The van der Waals surface area contributed by atoms with Gasteiger partial charge in [0.2, 0.25) is 0 Å². The molecule has 2 N–H and O–H groups in total. The number of hydrogen-bond donors (Lipinski definition) is 2. The zero-order valence-corrected chi connectivity index (χ0v) is 9.95. The molecule has 0 saturated heterocycles. The summed E-state index contributed by atoms with van der Waals surface area (Å²) < 4.78 is 5.18. The molecule has 0 aliphatic rings. The quantitative estimate of drug-likeness (QED) is 0.752. The van der Waals surface area contributed by atoms with Crippen LogP contribution in [0.5, 0.6) is 5.75 Å². The normalized spacial score (nSPS) is 11.2. The topological polar surface area (TPSA) is 74.9 Å². The summed E-state index contributed by atoms with van der Waals surface area (Å²) >= 11 is 0. The number of hydrogen-bond acceptors (Lipinski definition) is 4. The van der Waals surface area contributed by atoms with Gasteiger partial charge in [-0.25, -0.2) is 4.98 Å². The Labute approximate surface area is 109 Å². The monoisotopic (exact) mass is 253 g/mol. The number of nitrogens with one attached hydrogen (secondary N) is 1. The Hall–Kier alpha value is -2.82. The lowest BCUT2D eigenvalue weighted by Crippen LogP contribution is -1.81. The number of benzene rings is 1. The van der Waals surface area contributed by atoms with Crippen molar-refractivity contribution < 1.29 is 9.52 Å². The molecule has 5 heteroatoms. The van der Waals surface area contributed by atoms with E-state index in [1.165, 1.54) is 0 Å². The summed E-state index contributed by atoms with van der Waals surface area (Å²) in [5, 5.41) is 16.6. The summed E-state index contributed by atoms with van der Waals surface area (Å²) in [6.45, 7) is 0. The Balaban J connectivity index is 1.86. The first-order valence-electron chi connectivity index (χ1n) is 5.75. The van der Waals surface area contributed by atoms with Crippen LogP contribution in [-0.4, -0.2) is 20.3 Å². The van der Waals surface area contributed by atoms with Crippen molar-refractivity contribution in [2.45, 2.75) is 0 Å². The number of aromatic amines is 1. The third kappa shape index (κ3) is 2.40. The van der Waals surface area contributed by atoms with Crippen LogP contribution in [0, 0.1) is 0 Å². The van der Waals surface area contributed by atoms with E-state index in [9.17, 15) is 5.11 Å². The van der Waals surface area contributed by atoms with E-state index in [-0.39, 0.29) is 5.75 Å². The van der Waals surface area contributed by atoms with E-state index in [1.54, 1.807) is 36.6 Å². The average molecular weight is 253 g/mol. The highest BCUT2D eigenvalue weighted by molar-refractivity contribution is 5.67. The molecule has 0 atom stereocenters. The van der Waals surface area contributed by atoms with E-state index in [2.05, 4.69) is 15.2 Å². The lowest BCUT2D eigenvalue weighted by Gasteiger charge is -1.97. The summed E-state index contributed by atoms with van der Waals surface area (Å²) in [6, 6.07) is 10.6. The molecule has 0 aliphatic carbocycles. The van der Waals surface area contributed by atoms with Gasteiger partial charge < -0.3 is 9.52 Å². The smallest absolute Gasteiger partial charge is 0.185 e. The Morgan fingerprint density at radius 3 is 2.79 bits per heavy atom. The van der Waals surface area contributed by atoms with Crippen LogP contribution in [0.3, 0.4) is 0 Å². The summed E-state index contributed by atoms with van der Waals surface area (Å²) in [4.78, 5) is 4.29. The highest BCUT2D eigenvalue weighted by Gasteiger charge is 2.08. The molecule has 0 bridgehead atoms. The SMILES string of the molecule is Oc1ccccc1-c1n[nH]c(/C=C/c2ccco2)n1. The van der Waals surface area contributed by atoms with Crippen molar-refractivity contribution in [3.8, 4) is 17.1 Å². The van der Waals surface area contributed by atoms with Gasteiger partial charge in [0.25, 0.3) is 0 Å². The van der Waals surface area contributed by atoms with Gasteiger partial charge in [-0.15, -0.1) is 0 Å². The number of rotatable bonds is 3. The minimum Gasteiger partial charge on any atom is -0.507 e. The molecule has 0 saturated carbocycles. The van der Waals surface area contributed by atoms with E-state index in [1.807, 2.05) is 18.2 Å². The van der Waals surface area contributed by atoms with E-state index in [4.69, 9.17) is 4.42 Å². The third-order valence-corrected chi connectivity index (χ3v) is 2.60. The summed E-state index contributed by atoms with van der Waals surface area (Å²) in [7, 11) is 0. The van der Waals surface area contributed by atoms with Crippen molar-refractivity contribution >= 4 is 12.2 Å². The number of H-pyrrole nitrogens is 1. The van der Waals surface area contributed by atoms with Crippen LogP contribution < -0.4 is 0 Å². The summed E-state index contributed by atoms with van der Waals surface area (Å²) in [5.74, 6) is 1.94. The maximum Gasteiger partial charge on any atom is 0.185 e. The summed E-state index contributed by atoms with van der Waals surface area (Å²) in [5.41, 5.74) is 0.594. The molecule has 94 valence electrons. The van der Waals surface area contributed by atoms with Crippen LogP contribution in [0.4, 0.5) is 0 Å². The Morgan fingerprint density at radius 1 is 1.11 bits per heavy atom. The van der Waals surface area contributed by atoms with Crippen molar-refractivity contribution in [2.75, 3.05) is 0 Å². The molecule has 5 nitrogen and oxygen atoms in total. The predicted octanol–water partition coefficient (Wildman–Crippen LogP) is 2.94. The van der Waals surface area contributed by atoms with Crippen LogP contribution in [0.25, 0.3) is 23.5 Å². The van der Waals surface area contributed by atoms with Gasteiger partial charge in [0.1, 0.15) is 17.3 Å². The number of para-hydroxylation sites is 1. The van der Waals surface area contributed by atoms with Crippen molar-refractivity contribution in [1.82, 2.24) is 15.2 Å². The maximum absolute atomic E-state index is 9.73. The number of aromatic hydroxyl groups is 1. The first-order chi connectivity index (χ1) is 9.33. The molecule has 3 aromatic rings. The second-order valence-corrected chi connectivity index (χ2v) is 3.91. The molecule has 2 aromatic heterocycles. The van der Waals surface area contributed by atoms with Crippen molar-refractivity contribution in [3.05, 3.63) is 54.2 Å². The second kappa shape index (κ2) is 4.81. The molecule has 0 aliphatic heterocycles. The fourth-order valence-corrected chi connectivity index (χ4v) is 1.68. The summed E-state index contributed by atoms with van der Waals surface area (Å²) in [6.07, 6.45) is 5.15. The van der Waals surface area contributed by atoms with Gasteiger partial charge in [0.05, 0.1) is 11.8 Å². The van der Waals surface area contributed by atoms with Crippen LogP contribution in [0.2, 0.25) is 0 Å². The van der Waals surface area contributed by atoms with Crippen molar-refractivity contribution in [1.29, 1.82) is 0 Å². The van der Waals surface area contributed by atoms with Gasteiger partial charge in [0, 0.05) is 0 Å². The van der Waals surface area contributed by atoms with E-state index in [0.29, 0.717) is 17.2 Å². The predicted molar refractivity (Wildman–Crippen MR) is 71.1 cm³/mol. The van der Waals surface area contributed by atoms with Crippen molar-refractivity contribution in [2.24, 2.45) is 0 Å². The average Bonchev–Trinajstić information content (AvgIpc) is 3.08. The first kappa shape index (κ1) is 11.3. The maximum atomic E-state index is 9.73. The van der Waals surface area contributed by atoms with Crippen LogP contribution in [0.15, 0.2) is 47.1 Å². The number of aromatic nitrogens is 3. The number of phenols is 1. The lowest BCUT2D eigenvalue weighted by molar-refractivity contribution is 0.477. The van der Waals surface area contributed by atoms with Gasteiger partial charge >= 0.3 is 0 Å². The van der Waals surface area contributed by atoms with E-state index in [0.717, 1.165) is 5.76 Å². The largest absolute Gasteiger partial charge is 0.507 e. The molecular weight excluding hydrogens is 242 g/mol. The molecular formula is C14H11N3O2. The molecule has 1 aromatic carbocycles. The van der Waals surface area contributed by atoms with E-state index >= 15 is 0 Å². The highest BCUT2D eigenvalue weighted by Crippen LogP contribution is 2.25. The zero-order valence-electron chi connectivity index (χ0n) is 9.95. The van der Waals surface area contributed by atoms with Gasteiger partial charge in [-0.2, -0.15) is 5.10 Å². The van der Waals surface area contributed by atoms with Crippen molar-refractivity contribution in [3.63, 3.8) is 0 Å². The Morgan fingerprint density at radius 2 is 2.00 bits per heavy atom. The fourth-order valence-electron chi connectivity index (χ4n) is 1.68. The van der Waals surface area contributed by atoms with Gasteiger partial charge in [-0.05, 0) is 36.4 Å². The number of nitrogens with zero attached hydrogens (tertiary/aromatic N) is 2. The number of phenolic OH excluding ortho intramolecular Hbond substituents is 1. The van der Waals surface area contributed by atoms with Gasteiger partial charge in [0.15, 0.2) is 5.82 Å². The standard InChI is InChI=1S/C14H11N3O2/c18-12-6-2-1-5-11(12)14-15-13(16-17-14)8-7-10-4-3-9-19-10/h1-9,18H,(H,15,16,17)/b8-7+. The van der Waals surface area contributed by atoms with E-state index < -0.39 is 0 Å². The minimum atomic E-state index is 0.156. The molecule has 0 radical (unpaired) electrons. The Kier molecular flexibility index (Phi) is 2.86. The molecule has 0 unspecified atom stereocenters. The first-order valence-corrected chi connectivity index (χ1v) is 5.75. The minimum absolute atomic E-state index is 0.156. The Bertz CT molecular complexity index is 699. The van der Waals surface area contributed by atoms with Crippen LogP contribution in [0.1, 0.15) is 11.6 Å². The molecule has 19 heavy (non-hydrogen) atoms. The third-order valence-electron chi connectivity index (χ3n) is 2.60. The molecule has 0 fully saturated rings. The van der Waals surface area contributed by atoms with Gasteiger partial charge in [-0.1, -0.05) is 12.1 Å². The molecule has 3 rings (SSSR count). The molecule has 0 amide bonds. The zero-order chi connectivity index (χ0) is 13.1. The second-order valence-electron chi connectivity index (χ2n) is 3.91. The number of furan rings is 1. The highest BCUT2D eigenvalue weighted by atomic mass is 16.3. The lowest BCUT2D eigenvalue weighted by atomic mass is 10.2. The fraction of sp³-hybridized carbons (Fsp3) is 0. The molecule has 2 heterocycles.